The first kappa shape index (κ1) is 15.9. The van der Waals surface area contributed by atoms with Gasteiger partial charge in [-0.3, -0.25) is 0 Å². The third-order valence-corrected chi connectivity index (χ3v) is 2.27. The number of benzene rings is 1. The Morgan fingerprint density at radius 2 is 1.50 bits per heavy atom. The van der Waals surface area contributed by atoms with E-state index in [-0.39, 0.29) is 5.41 Å². The van der Waals surface area contributed by atoms with Crippen LogP contribution >= 0.6 is 7.82 Å². The Morgan fingerprint density at radius 1 is 1.12 bits per heavy atom. The lowest BCUT2D eigenvalue weighted by molar-refractivity contribution is 0.275. The molecular weight excluding hydrogens is 242 g/mol. The van der Waals surface area contributed by atoms with Crippen molar-refractivity contribution in [1.29, 1.82) is 0 Å². The van der Waals surface area contributed by atoms with E-state index in [0.29, 0.717) is 0 Å². The third kappa shape index (κ3) is 8.07. The van der Waals surface area contributed by atoms with Gasteiger partial charge >= 0.3 is 7.82 Å². The predicted molar refractivity (Wildman–Crippen MR) is 64.8 cm³/mol. The van der Waals surface area contributed by atoms with Gasteiger partial charge in [0.05, 0.1) is 0 Å². The van der Waals surface area contributed by atoms with Gasteiger partial charge in [-0.25, -0.2) is 4.57 Å². The normalized spacial score (nSPS) is 11.6. The zero-order valence-corrected chi connectivity index (χ0v) is 11.6. The Bertz CT molecular complexity index is 372. The van der Waals surface area contributed by atoms with Gasteiger partial charge in [0.15, 0.2) is 16.3 Å². The van der Waals surface area contributed by atoms with Gasteiger partial charge in [-0.1, -0.05) is 50.6 Å². The van der Waals surface area contributed by atoms with E-state index < -0.39 is 7.82 Å². The highest BCUT2D eigenvalue weighted by molar-refractivity contribution is 7.45. The molecular formula is C10H16AlO4P. The van der Waals surface area contributed by atoms with Gasteiger partial charge in [0.25, 0.3) is 0 Å². The molecule has 0 saturated heterocycles. The molecule has 0 aliphatic heterocycles. The maximum atomic E-state index is 8.88. The van der Waals surface area contributed by atoms with Crippen LogP contribution in [0.4, 0.5) is 0 Å². The minimum absolute atomic E-state index is 0.262. The first-order valence-electron chi connectivity index (χ1n) is 4.65. The van der Waals surface area contributed by atoms with Crippen LogP contribution in [0.25, 0.3) is 0 Å². The summed E-state index contributed by atoms with van der Waals surface area (Å²) in [5.74, 6) is 0. The molecule has 88 valence electrons. The number of hydrogen-bond acceptors (Lipinski definition) is 1. The van der Waals surface area contributed by atoms with Crippen molar-refractivity contribution >= 4 is 28.5 Å². The van der Waals surface area contributed by atoms with E-state index in [0.717, 1.165) is 0 Å². The van der Waals surface area contributed by atoms with Crippen molar-refractivity contribution in [1.82, 2.24) is 0 Å². The van der Waals surface area contributed by atoms with Crippen LogP contribution in [0.2, 0.25) is 0 Å². The molecule has 6 heteroatoms. The maximum Gasteiger partial charge on any atom is 0.466 e. The second-order valence-corrected chi connectivity index (χ2v) is 6.00. The smallest absolute Gasteiger partial charge is 0.303 e. The largest absolute Gasteiger partial charge is 0.466 e. The van der Waals surface area contributed by atoms with Crippen molar-refractivity contribution in [3.05, 3.63) is 29.8 Å². The fourth-order valence-electron chi connectivity index (χ4n) is 1.18. The van der Waals surface area contributed by atoms with E-state index in [1.54, 1.807) is 0 Å². The molecule has 2 radical (unpaired) electrons. The summed E-state index contributed by atoms with van der Waals surface area (Å²) in [4.78, 5) is 21.6. The topological polar surface area (TPSA) is 77.8 Å². The fraction of sp³-hybridized carbons (Fsp3) is 0.400. The van der Waals surface area contributed by atoms with Crippen LogP contribution < -0.4 is 4.43 Å². The molecule has 16 heavy (non-hydrogen) atoms. The van der Waals surface area contributed by atoms with E-state index in [9.17, 15) is 0 Å². The van der Waals surface area contributed by atoms with Gasteiger partial charge in [-0.15, -0.1) is 4.43 Å². The van der Waals surface area contributed by atoms with Crippen molar-refractivity contribution in [3.63, 3.8) is 0 Å². The Kier molecular flexibility index (Phi) is 5.92. The fourth-order valence-corrected chi connectivity index (χ4v) is 1.82. The molecule has 1 aromatic rings. The molecule has 0 aromatic heterocycles. The van der Waals surface area contributed by atoms with Crippen LogP contribution in [0.5, 0.6) is 0 Å². The lowest BCUT2D eigenvalue weighted by Gasteiger charge is -2.21. The van der Waals surface area contributed by atoms with Crippen molar-refractivity contribution in [2.45, 2.75) is 26.2 Å². The lowest BCUT2D eigenvalue weighted by Crippen LogP contribution is -2.22. The molecule has 0 saturated carbocycles. The summed E-state index contributed by atoms with van der Waals surface area (Å²) in [5, 5.41) is 0. The Labute approximate surface area is 104 Å². The SMILES string of the molecule is CC(C)(C)c1cccc[c]1[Al].O=P(O)(O)O. The van der Waals surface area contributed by atoms with Crippen LogP contribution in [0.15, 0.2) is 24.3 Å². The van der Waals surface area contributed by atoms with Crippen LogP contribution in [0.1, 0.15) is 26.3 Å². The van der Waals surface area contributed by atoms with E-state index in [4.69, 9.17) is 19.2 Å². The van der Waals surface area contributed by atoms with E-state index >= 15 is 0 Å². The summed E-state index contributed by atoms with van der Waals surface area (Å²) >= 11 is 2.77. The standard InChI is InChI=1S/C10H13.Al.H3O4P/c1-10(2,3)9-7-5-4-6-8-9;;1-5(2,3)4/h4-7H,1-3H3;;(H3,1,2,3,4). The Morgan fingerprint density at radius 3 is 1.75 bits per heavy atom. The highest BCUT2D eigenvalue weighted by atomic mass is 31.2. The highest BCUT2D eigenvalue weighted by Gasteiger charge is 2.13. The van der Waals surface area contributed by atoms with Crippen molar-refractivity contribution < 1.29 is 19.2 Å². The van der Waals surface area contributed by atoms with E-state index in [2.05, 4.69) is 61.3 Å². The van der Waals surface area contributed by atoms with E-state index in [1.807, 2.05) is 0 Å². The van der Waals surface area contributed by atoms with Crippen LogP contribution in [-0.4, -0.2) is 31.0 Å². The third-order valence-electron chi connectivity index (χ3n) is 1.77. The minimum Gasteiger partial charge on any atom is -0.303 e. The second-order valence-electron chi connectivity index (χ2n) is 4.35. The summed E-state index contributed by atoms with van der Waals surface area (Å²) in [6.07, 6.45) is 0. The molecule has 0 heterocycles. The van der Waals surface area contributed by atoms with Gasteiger partial charge in [-0.05, 0) is 5.41 Å². The van der Waals surface area contributed by atoms with Crippen molar-refractivity contribution in [2.24, 2.45) is 0 Å². The Balaban J connectivity index is 0.000000385. The van der Waals surface area contributed by atoms with Crippen LogP contribution in [0.3, 0.4) is 0 Å². The first-order valence-corrected chi connectivity index (χ1v) is 6.79. The van der Waals surface area contributed by atoms with Gasteiger partial charge in [0.1, 0.15) is 0 Å². The zero-order chi connectivity index (χ0) is 13.0. The molecule has 0 unspecified atom stereocenters. The van der Waals surface area contributed by atoms with Gasteiger partial charge in [-0.2, -0.15) is 0 Å². The quantitative estimate of drug-likeness (QED) is 0.476. The number of rotatable bonds is 0. The van der Waals surface area contributed by atoms with Gasteiger partial charge in [0.2, 0.25) is 0 Å². The zero-order valence-electron chi connectivity index (χ0n) is 9.58. The maximum absolute atomic E-state index is 8.88. The number of hydrogen-bond donors (Lipinski definition) is 3. The van der Waals surface area contributed by atoms with E-state index in [1.165, 1.54) is 9.99 Å². The minimum atomic E-state index is -4.64. The molecule has 4 nitrogen and oxygen atoms in total. The molecule has 0 fully saturated rings. The molecule has 0 aliphatic rings. The predicted octanol–water partition coefficient (Wildman–Crippen LogP) is 0.849. The van der Waals surface area contributed by atoms with Gasteiger partial charge in [0, 0.05) is 0 Å². The molecule has 0 amide bonds. The molecule has 1 aromatic carbocycles. The van der Waals surface area contributed by atoms with Crippen molar-refractivity contribution in [2.75, 3.05) is 0 Å². The molecule has 1 rings (SSSR count). The Hall–Kier alpha value is -0.138. The van der Waals surface area contributed by atoms with Crippen molar-refractivity contribution in [3.8, 4) is 0 Å². The lowest BCUT2D eigenvalue weighted by atomic mass is 9.87. The van der Waals surface area contributed by atoms with Crippen LogP contribution in [0, 0.1) is 0 Å². The number of phosphoric acid groups is 1. The first-order chi connectivity index (χ1) is 7.02. The summed E-state index contributed by atoms with van der Waals surface area (Å²) in [6.45, 7) is 6.70. The summed E-state index contributed by atoms with van der Waals surface area (Å²) in [5.41, 5.74) is 1.67. The molecule has 3 N–H and O–H groups in total. The molecule has 0 aliphatic carbocycles. The average Bonchev–Trinajstić information content (AvgIpc) is 1.99. The molecule has 0 bridgehead atoms. The van der Waals surface area contributed by atoms with Gasteiger partial charge < -0.3 is 14.7 Å². The summed E-state index contributed by atoms with van der Waals surface area (Å²) in [7, 11) is -4.64. The van der Waals surface area contributed by atoms with Crippen LogP contribution in [-0.2, 0) is 9.98 Å². The monoisotopic (exact) mass is 258 g/mol. The highest BCUT2D eigenvalue weighted by Crippen LogP contribution is 2.25. The average molecular weight is 258 g/mol. The molecule has 0 atom stereocenters. The summed E-state index contributed by atoms with van der Waals surface area (Å²) in [6, 6.07) is 8.47. The second kappa shape index (κ2) is 5.98. The summed E-state index contributed by atoms with van der Waals surface area (Å²) < 4.78 is 10.2. The molecule has 0 spiro atoms.